The van der Waals surface area contributed by atoms with Gasteiger partial charge in [0.05, 0.1) is 0 Å². The van der Waals surface area contributed by atoms with Crippen LogP contribution in [0.25, 0.3) is 0 Å². The Morgan fingerprint density at radius 2 is 2.24 bits per heavy atom. The lowest BCUT2D eigenvalue weighted by Crippen LogP contribution is -2.38. The van der Waals surface area contributed by atoms with Gasteiger partial charge in [0.15, 0.2) is 5.82 Å². The van der Waals surface area contributed by atoms with E-state index >= 15 is 0 Å². The Balaban J connectivity index is 1.98. The molecular weight excluding hydrogens is 214 g/mol. The predicted molar refractivity (Wildman–Crippen MR) is 64.4 cm³/mol. The molecule has 0 aliphatic heterocycles. The molecule has 1 aromatic rings. The molecule has 92 valence electrons. The minimum atomic E-state index is -0.212. The average molecular weight is 233 g/mol. The molecule has 3 rings (SSSR count). The number of rotatable bonds is 2. The smallest absolute Gasteiger partial charge is 0.160 e. The first-order valence-corrected chi connectivity index (χ1v) is 6.42. The van der Waals surface area contributed by atoms with Crippen molar-refractivity contribution in [3.63, 3.8) is 0 Å². The third-order valence-electron chi connectivity index (χ3n) is 4.19. The van der Waals surface area contributed by atoms with Crippen molar-refractivity contribution in [1.29, 1.82) is 0 Å². The molecule has 1 unspecified atom stereocenters. The van der Waals surface area contributed by atoms with Gasteiger partial charge < -0.3 is 10.5 Å². The van der Waals surface area contributed by atoms with Crippen molar-refractivity contribution < 1.29 is 4.74 Å². The summed E-state index contributed by atoms with van der Waals surface area (Å²) < 4.78 is 5.62. The average Bonchev–Trinajstić information content (AvgIpc) is 2.28. The molecule has 4 heteroatoms. The Morgan fingerprint density at radius 3 is 2.88 bits per heavy atom. The highest BCUT2D eigenvalue weighted by atomic mass is 16.5. The fourth-order valence-electron chi connectivity index (χ4n) is 2.82. The van der Waals surface area contributed by atoms with Crippen LogP contribution in [0.15, 0.2) is 6.20 Å². The third-order valence-corrected chi connectivity index (χ3v) is 4.19. The molecule has 0 radical (unpaired) electrons. The molecule has 0 aromatic carbocycles. The maximum absolute atomic E-state index is 6.07. The number of aromatic nitrogens is 2. The first-order valence-electron chi connectivity index (χ1n) is 6.42. The molecule has 17 heavy (non-hydrogen) atoms. The monoisotopic (exact) mass is 233 g/mol. The van der Waals surface area contributed by atoms with Gasteiger partial charge in [0.2, 0.25) is 0 Å². The highest BCUT2D eigenvalue weighted by Crippen LogP contribution is 2.43. The highest BCUT2D eigenvalue weighted by molar-refractivity contribution is 5.26. The second kappa shape index (κ2) is 4.03. The molecule has 1 fully saturated rings. The molecule has 1 aromatic heterocycles. The van der Waals surface area contributed by atoms with Crippen LogP contribution in [0.4, 0.5) is 0 Å². The van der Waals surface area contributed by atoms with Gasteiger partial charge in [-0.25, -0.2) is 9.97 Å². The van der Waals surface area contributed by atoms with E-state index in [0.29, 0.717) is 0 Å². The van der Waals surface area contributed by atoms with E-state index in [1.165, 1.54) is 6.42 Å². The number of ether oxygens (including phenoxy) is 1. The van der Waals surface area contributed by atoms with E-state index in [-0.39, 0.29) is 11.6 Å². The summed E-state index contributed by atoms with van der Waals surface area (Å²) >= 11 is 0. The van der Waals surface area contributed by atoms with Crippen LogP contribution in [-0.4, -0.2) is 17.1 Å². The molecule has 4 nitrogen and oxygen atoms in total. The maximum Gasteiger partial charge on any atom is 0.160 e. The topological polar surface area (TPSA) is 61.0 Å². The van der Waals surface area contributed by atoms with Crippen LogP contribution in [0, 0.1) is 0 Å². The summed E-state index contributed by atoms with van der Waals surface area (Å²) in [6, 6.07) is 0.118. The van der Waals surface area contributed by atoms with Crippen molar-refractivity contribution >= 4 is 0 Å². The fourth-order valence-corrected chi connectivity index (χ4v) is 2.82. The molecule has 1 heterocycles. The summed E-state index contributed by atoms with van der Waals surface area (Å²) in [6.07, 6.45) is 8.39. The molecular formula is C13H19N3O. The predicted octanol–water partition coefficient (Wildman–Crippen LogP) is 1.84. The summed E-state index contributed by atoms with van der Waals surface area (Å²) in [4.78, 5) is 9.20. The zero-order valence-electron chi connectivity index (χ0n) is 10.3. The van der Waals surface area contributed by atoms with Gasteiger partial charge in [-0.05, 0) is 38.5 Å². The number of nitrogens with two attached hydrogens (primary N) is 1. The van der Waals surface area contributed by atoms with Crippen molar-refractivity contribution in [2.75, 3.05) is 7.11 Å². The van der Waals surface area contributed by atoms with Crippen molar-refractivity contribution in [3.05, 3.63) is 23.3 Å². The minimum Gasteiger partial charge on any atom is -0.370 e. The van der Waals surface area contributed by atoms with E-state index in [1.54, 1.807) is 7.11 Å². The second-order valence-electron chi connectivity index (χ2n) is 5.15. The Labute approximate surface area is 102 Å². The number of hydrogen-bond donors (Lipinski definition) is 1. The van der Waals surface area contributed by atoms with Gasteiger partial charge in [-0.15, -0.1) is 0 Å². The van der Waals surface area contributed by atoms with E-state index in [1.807, 2.05) is 6.20 Å². The van der Waals surface area contributed by atoms with Gasteiger partial charge in [-0.1, -0.05) is 0 Å². The van der Waals surface area contributed by atoms with E-state index in [4.69, 9.17) is 15.5 Å². The summed E-state index contributed by atoms with van der Waals surface area (Å²) in [5.41, 5.74) is 8.13. The second-order valence-corrected chi connectivity index (χ2v) is 5.15. The summed E-state index contributed by atoms with van der Waals surface area (Å²) in [5, 5.41) is 0. The van der Waals surface area contributed by atoms with Gasteiger partial charge in [0, 0.05) is 30.6 Å². The maximum atomic E-state index is 6.07. The van der Waals surface area contributed by atoms with Crippen molar-refractivity contribution in [1.82, 2.24) is 9.97 Å². The minimum absolute atomic E-state index is 0.118. The quantitative estimate of drug-likeness (QED) is 0.846. The lowest BCUT2D eigenvalue weighted by atomic mass is 9.79. The summed E-state index contributed by atoms with van der Waals surface area (Å²) in [5.74, 6) is 0.860. The van der Waals surface area contributed by atoms with Crippen molar-refractivity contribution in [2.24, 2.45) is 5.73 Å². The van der Waals surface area contributed by atoms with Crippen LogP contribution in [0.1, 0.15) is 55.2 Å². The number of hydrogen-bond acceptors (Lipinski definition) is 4. The SMILES string of the molecule is COC1(c2ncc3c(n2)CCCC3N)CCC1. The van der Waals surface area contributed by atoms with Crippen LogP contribution in [0.3, 0.4) is 0 Å². The first kappa shape index (κ1) is 11.1. The number of aryl methyl sites for hydroxylation is 1. The van der Waals surface area contributed by atoms with Crippen LogP contribution in [0.2, 0.25) is 0 Å². The van der Waals surface area contributed by atoms with Gasteiger partial charge in [-0.2, -0.15) is 0 Å². The van der Waals surface area contributed by atoms with E-state index in [2.05, 4.69) is 4.98 Å². The largest absolute Gasteiger partial charge is 0.370 e. The first-order chi connectivity index (χ1) is 8.25. The molecule has 1 atom stereocenters. The third kappa shape index (κ3) is 1.67. The van der Waals surface area contributed by atoms with Gasteiger partial charge >= 0.3 is 0 Å². The van der Waals surface area contributed by atoms with E-state index in [0.717, 1.165) is 49.2 Å². The molecule has 0 spiro atoms. The van der Waals surface area contributed by atoms with Gasteiger partial charge in [-0.3, -0.25) is 0 Å². The normalized spacial score (nSPS) is 26.1. The molecule has 1 saturated carbocycles. The Morgan fingerprint density at radius 1 is 1.41 bits per heavy atom. The van der Waals surface area contributed by atoms with Crippen molar-refractivity contribution in [3.8, 4) is 0 Å². The molecule has 0 bridgehead atoms. The lowest BCUT2D eigenvalue weighted by molar-refractivity contribution is -0.0848. The summed E-state index contributed by atoms with van der Waals surface area (Å²) in [6.45, 7) is 0. The molecule has 2 aliphatic rings. The Hall–Kier alpha value is -1.00. The Bertz CT molecular complexity index is 423. The highest BCUT2D eigenvalue weighted by Gasteiger charge is 2.42. The standard InChI is InChI=1S/C13H19N3O/c1-17-13(6-3-7-13)12-15-8-9-10(14)4-2-5-11(9)16-12/h8,10H,2-7,14H2,1H3. The van der Waals surface area contributed by atoms with Crippen LogP contribution < -0.4 is 5.73 Å². The molecule has 2 aliphatic carbocycles. The van der Waals surface area contributed by atoms with E-state index in [9.17, 15) is 0 Å². The van der Waals surface area contributed by atoms with Crippen molar-refractivity contribution in [2.45, 2.75) is 50.2 Å². The zero-order valence-corrected chi connectivity index (χ0v) is 10.3. The Kier molecular flexibility index (Phi) is 2.64. The number of fused-ring (bicyclic) bond motifs is 1. The van der Waals surface area contributed by atoms with E-state index < -0.39 is 0 Å². The van der Waals surface area contributed by atoms with Gasteiger partial charge in [0.25, 0.3) is 0 Å². The van der Waals surface area contributed by atoms with Gasteiger partial charge in [0.1, 0.15) is 5.60 Å². The fraction of sp³-hybridized carbons (Fsp3) is 0.692. The number of nitrogens with zero attached hydrogens (tertiary/aromatic N) is 2. The zero-order chi connectivity index (χ0) is 11.9. The lowest BCUT2D eigenvalue weighted by Gasteiger charge is -2.39. The molecule has 2 N–H and O–H groups in total. The van der Waals surface area contributed by atoms with Crippen LogP contribution >= 0.6 is 0 Å². The molecule has 0 amide bonds. The number of methoxy groups -OCH3 is 1. The van der Waals surface area contributed by atoms with Crippen LogP contribution in [0.5, 0.6) is 0 Å². The summed E-state index contributed by atoms with van der Waals surface area (Å²) in [7, 11) is 1.76. The molecule has 0 saturated heterocycles. The van der Waals surface area contributed by atoms with Crippen LogP contribution in [-0.2, 0) is 16.8 Å².